The van der Waals surface area contributed by atoms with Crippen molar-refractivity contribution in [3.63, 3.8) is 0 Å². The molecule has 1 aromatic carbocycles. The molecule has 3 rings (SSSR count). The third-order valence-corrected chi connectivity index (χ3v) is 4.15. The van der Waals surface area contributed by atoms with Crippen molar-refractivity contribution < 1.29 is 4.39 Å². The predicted molar refractivity (Wildman–Crippen MR) is 80.1 cm³/mol. The summed E-state index contributed by atoms with van der Waals surface area (Å²) in [5, 5.41) is 6.04. The molecular formula is C13H9BrFN3S. The molecule has 0 fully saturated rings. The van der Waals surface area contributed by atoms with Gasteiger partial charge in [0.25, 0.3) is 0 Å². The second kappa shape index (κ2) is 4.86. The number of fused-ring (bicyclic) bond motifs is 1. The maximum Gasteiger partial charge on any atom is 0.163 e. The summed E-state index contributed by atoms with van der Waals surface area (Å²) in [6.07, 6.45) is 0. The Balaban J connectivity index is 2.21. The molecule has 0 aliphatic rings. The molecule has 0 spiro atoms. The quantitative estimate of drug-likeness (QED) is 0.757. The molecule has 0 radical (unpaired) electrons. The van der Waals surface area contributed by atoms with Crippen molar-refractivity contribution in [1.29, 1.82) is 0 Å². The van der Waals surface area contributed by atoms with Crippen LogP contribution in [0, 0.1) is 5.82 Å². The summed E-state index contributed by atoms with van der Waals surface area (Å²) in [4.78, 5) is 9.89. The van der Waals surface area contributed by atoms with E-state index in [4.69, 9.17) is 0 Å². The molecule has 3 nitrogen and oxygen atoms in total. The first-order valence-corrected chi connectivity index (χ1v) is 7.24. The third kappa shape index (κ3) is 2.21. The van der Waals surface area contributed by atoms with E-state index < -0.39 is 0 Å². The highest BCUT2D eigenvalue weighted by atomic mass is 79.9. The molecule has 0 amide bonds. The summed E-state index contributed by atoms with van der Waals surface area (Å²) in [5.41, 5.74) is 0.778. The maximum atomic E-state index is 13.3. The van der Waals surface area contributed by atoms with Gasteiger partial charge in [0.2, 0.25) is 0 Å². The van der Waals surface area contributed by atoms with Crippen molar-refractivity contribution in [3.05, 3.63) is 39.9 Å². The van der Waals surface area contributed by atoms with E-state index in [1.807, 2.05) is 18.5 Å². The minimum atomic E-state index is -0.296. The monoisotopic (exact) mass is 337 g/mol. The highest BCUT2D eigenvalue weighted by molar-refractivity contribution is 9.10. The van der Waals surface area contributed by atoms with Gasteiger partial charge in [-0.2, -0.15) is 0 Å². The van der Waals surface area contributed by atoms with E-state index in [1.54, 1.807) is 23.5 Å². The predicted octanol–water partition coefficient (Wildman–Crippen LogP) is 4.30. The summed E-state index contributed by atoms with van der Waals surface area (Å²) in [7, 11) is 1.82. The second-order valence-electron chi connectivity index (χ2n) is 3.91. The van der Waals surface area contributed by atoms with E-state index >= 15 is 0 Å². The Bertz CT molecular complexity index is 757. The van der Waals surface area contributed by atoms with E-state index in [0.29, 0.717) is 10.3 Å². The Labute approximate surface area is 121 Å². The number of rotatable bonds is 2. The van der Waals surface area contributed by atoms with Gasteiger partial charge < -0.3 is 5.32 Å². The van der Waals surface area contributed by atoms with Gasteiger partial charge in [-0.1, -0.05) is 0 Å². The molecule has 1 N–H and O–H groups in total. The normalized spacial score (nSPS) is 10.9. The first-order valence-electron chi connectivity index (χ1n) is 5.57. The van der Waals surface area contributed by atoms with Crippen molar-refractivity contribution in [2.75, 3.05) is 12.4 Å². The highest BCUT2D eigenvalue weighted by Crippen LogP contribution is 2.29. The number of nitrogens with zero attached hydrogens (tertiary/aromatic N) is 2. The van der Waals surface area contributed by atoms with Crippen molar-refractivity contribution in [2.45, 2.75) is 0 Å². The molecule has 0 aliphatic carbocycles. The van der Waals surface area contributed by atoms with Crippen LogP contribution in [0.5, 0.6) is 0 Å². The van der Waals surface area contributed by atoms with Gasteiger partial charge in [-0.15, -0.1) is 11.3 Å². The smallest absolute Gasteiger partial charge is 0.163 e. The lowest BCUT2D eigenvalue weighted by Gasteiger charge is -2.06. The van der Waals surface area contributed by atoms with E-state index in [9.17, 15) is 4.39 Å². The van der Waals surface area contributed by atoms with Crippen LogP contribution in [-0.4, -0.2) is 17.0 Å². The standard InChI is InChI=1S/C13H9BrFN3S/c1-16-12-8-4-5-19-13(8)18-11(17-12)7-2-3-10(15)9(14)6-7/h2-6H,1H3,(H,16,17,18). The van der Waals surface area contributed by atoms with Crippen LogP contribution in [0.3, 0.4) is 0 Å². The van der Waals surface area contributed by atoms with Crippen LogP contribution in [0.2, 0.25) is 0 Å². The number of hydrogen-bond acceptors (Lipinski definition) is 4. The first kappa shape index (κ1) is 12.5. The van der Waals surface area contributed by atoms with Gasteiger partial charge in [-0.3, -0.25) is 0 Å². The second-order valence-corrected chi connectivity index (χ2v) is 5.66. The van der Waals surface area contributed by atoms with Gasteiger partial charge in [-0.25, -0.2) is 14.4 Å². The zero-order valence-corrected chi connectivity index (χ0v) is 12.3. The van der Waals surface area contributed by atoms with E-state index in [1.165, 1.54) is 6.07 Å². The molecule has 2 heterocycles. The van der Waals surface area contributed by atoms with Gasteiger partial charge in [-0.05, 0) is 45.6 Å². The van der Waals surface area contributed by atoms with Crippen LogP contribution in [0.4, 0.5) is 10.2 Å². The van der Waals surface area contributed by atoms with Crippen molar-refractivity contribution in [1.82, 2.24) is 9.97 Å². The van der Waals surface area contributed by atoms with Crippen molar-refractivity contribution in [3.8, 4) is 11.4 Å². The zero-order chi connectivity index (χ0) is 13.4. The molecule has 0 atom stereocenters. The lowest BCUT2D eigenvalue weighted by Crippen LogP contribution is -1.97. The van der Waals surface area contributed by atoms with Crippen LogP contribution in [-0.2, 0) is 0 Å². The Kier molecular flexibility index (Phi) is 3.20. The average Bonchev–Trinajstić information content (AvgIpc) is 2.89. The molecule has 19 heavy (non-hydrogen) atoms. The summed E-state index contributed by atoms with van der Waals surface area (Å²) >= 11 is 4.73. The largest absolute Gasteiger partial charge is 0.372 e. The minimum Gasteiger partial charge on any atom is -0.372 e. The summed E-state index contributed by atoms with van der Waals surface area (Å²) < 4.78 is 13.7. The number of nitrogens with one attached hydrogen (secondary N) is 1. The Morgan fingerprint density at radius 2 is 2.11 bits per heavy atom. The average molecular weight is 338 g/mol. The fraction of sp³-hybridized carbons (Fsp3) is 0.0769. The van der Waals surface area contributed by atoms with E-state index in [2.05, 4.69) is 31.2 Å². The number of benzene rings is 1. The Hall–Kier alpha value is -1.53. The third-order valence-electron chi connectivity index (χ3n) is 2.74. The van der Waals surface area contributed by atoms with Crippen LogP contribution >= 0.6 is 27.3 Å². The molecule has 3 aromatic rings. The Morgan fingerprint density at radius 3 is 2.84 bits per heavy atom. The van der Waals surface area contributed by atoms with E-state index in [-0.39, 0.29) is 5.82 Å². The fourth-order valence-electron chi connectivity index (χ4n) is 1.81. The SMILES string of the molecule is CNc1nc(-c2ccc(F)c(Br)c2)nc2sccc12. The summed E-state index contributed by atoms with van der Waals surface area (Å²) in [5.74, 6) is 1.07. The Morgan fingerprint density at radius 1 is 1.26 bits per heavy atom. The number of anilines is 1. The first-order chi connectivity index (χ1) is 9.19. The van der Waals surface area contributed by atoms with Crippen molar-refractivity contribution >= 4 is 43.3 Å². The van der Waals surface area contributed by atoms with Gasteiger partial charge in [0.15, 0.2) is 5.82 Å². The molecule has 96 valence electrons. The minimum absolute atomic E-state index is 0.296. The molecule has 2 aromatic heterocycles. The van der Waals surface area contributed by atoms with Crippen LogP contribution in [0.1, 0.15) is 0 Å². The number of thiophene rings is 1. The lowest BCUT2D eigenvalue weighted by molar-refractivity contribution is 0.621. The van der Waals surface area contributed by atoms with E-state index in [0.717, 1.165) is 21.6 Å². The number of halogens is 2. The number of aromatic nitrogens is 2. The lowest BCUT2D eigenvalue weighted by atomic mass is 10.2. The molecule has 6 heteroatoms. The zero-order valence-electron chi connectivity index (χ0n) is 9.95. The maximum absolute atomic E-state index is 13.3. The molecular weight excluding hydrogens is 329 g/mol. The van der Waals surface area contributed by atoms with Crippen LogP contribution in [0.15, 0.2) is 34.1 Å². The fourth-order valence-corrected chi connectivity index (χ4v) is 2.95. The van der Waals surface area contributed by atoms with Gasteiger partial charge in [0, 0.05) is 12.6 Å². The topological polar surface area (TPSA) is 37.8 Å². The highest BCUT2D eigenvalue weighted by Gasteiger charge is 2.10. The molecule has 0 saturated carbocycles. The molecule has 0 bridgehead atoms. The van der Waals surface area contributed by atoms with Crippen LogP contribution < -0.4 is 5.32 Å². The van der Waals surface area contributed by atoms with Gasteiger partial charge in [0.05, 0.1) is 9.86 Å². The molecule has 0 unspecified atom stereocenters. The summed E-state index contributed by atoms with van der Waals surface area (Å²) in [6.45, 7) is 0. The number of hydrogen-bond donors (Lipinski definition) is 1. The van der Waals surface area contributed by atoms with Crippen LogP contribution in [0.25, 0.3) is 21.6 Å². The molecule has 0 aliphatic heterocycles. The molecule has 0 saturated heterocycles. The summed E-state index contributed by atoms with van der Waals surface area (Å²) in [6, 6.07) is 6.74. The van der Waals surface area contributed by atoms with Gasteiger partial charge >= 0.3 is 0 Å². The van der Waals surface area contributed by atoms with Crippen molar-refractivity contribution in [2.24, 2.45) is 0 Å². The van der Waals surface area contributed by atoms with Gasteiger partial charge in [0.1, 0.15) is 16.5 Å².